The highest BCUT2D eigenvalue weighted by atomic mass is 16.6. The van der Waals surface area contributed by atoms with Gasteiger partial charge in [-0.05, 0) is 139 Å². The van der Waals surface area contributed by atoms with Crippen molar-refractivity contribution in [2.75, 3.05) is 146 Å². The van der Waals surface area contributed by atoms with Gasteiger partial charge in [-0.2, -0.15) is 5.10 Å². The van der Waals surface area contributed by atoms with Gasteiger partial charge in [-0.25, -0.2) is 24.1 Å². The van der Waals surface area contributed by atoms with Crippen molar-refractivity contribution in [3.8, 4) is 17.1 Å². The molecule has 5 aliphatic rings. The van der Waals surface area contributed by atoms with E-state index in [4.69, 9.17) is 78.0 Å². The number of imidazole rings is 1. The molecule has 35 heteroatoms. The minimum atomic E-state index is -2.51. The molecule has 694 valence electrons. The number of carbonyl (C=O) groups excluding carboxylic acids is 8. The summed E-state index contributed by atoms with van der Waals surface area (Å²) < 4.78 is 76.5. The van der Waals surface area contributed by atoms with Crippen LogP contribution in [0.15, 0.2) is 78.2 Å². The molecule has 2 saturated heterocycles. The highest BCUT2D eigenvalue weighted by Crippen LogP contribution is 2.42. The summed E-state index contributed by atoms with van der Waals surface area (Å²) in [6, 6.07) is 5.60. The molecule has 0 radical (unpaired) electrons. The molecule has 4 aromatic rings. The van der Waals surface area contributed by atoms with Crippen molar-refractivity contribution >= 4 is 69.4 Å². The number of Topliss-reactive ketones (excluding diaryl/α,β-unsaturated/α-hetero) is 3. The fourth-order valence-corrected chi connectivity index (χ4v) is 16.9. The van der Waals surface area contributed by atoms with Gasteiger partial charge < -0.3 is 114 Å². The molecule has 9 rings (SSSR count). The van der Waals surface area contributed by atoms with Gasteiger partial charge in [0.05, 0.1) is 129 Å². The van der Waals surface area contributed by atoms with Gasteiger partial charge >= 0.3 is 12.1 Å². The number of hydrogen-bond donors (Lipinski definition) is 9. The molecule has 0 unspecified atom stereocenters. The number of methoxy groups -OCH3 is 3. The Morgan fingerprint density at radius 1 is 0.712 bits per heavy atom. The number of allylic oxidation sites excluding steroid dienone is 6. The number of aromatic nitrogens is 5. The maximum Gasteiger partial charge on any atom is 0.407 e. The number of esters is 1. The second-order valence-electron chi connectivity index (χ2n) is 33.4. The van der Waals surface area contributed by atoms with Gasteiger partial charge in [0.15, 0.2) is 11.6 Å². The summed E-state index contributed by atoms with van der Waals surface area (Å²) in [5.41, 5.74) is 17.3. The minimum Gasteiger partial charge on any atom is -0.495 e. The van der Waals surface area contributed by atoms with Gasteiger partial charge in [-0.1, -0.05) is 76.3 Å². The lowest BCUT2D eigenvalue weighted by Gasteiger charge is -2.42. The Bertz CT molecular complexity index is 4240. The Balaban J connectivity index is 0.592. The number of aliphatic hydroxyl groups is 3. The van der Waals surface area contributed by atoms with E-state index in [2.05, 4.69) is 31.0 Å². The molecule has 2 aliphatic carbocycles. The number of fused-ring (bicyclic) bond motifs is 5. The number of para-hydroxylation sites is 1. The van der Waals surface area contributed by atoms with E-state index in [0.29, 0.717) is 167 Å². The fraction of sp³-hybridized carbons (Fsp3) is 0.678. The largest absolute Gasteiger partial charge is 0.495 e. The zero-order chi connectivity index (χ0) is 90.0. The summed E-state index contributed by atoms with van der Waals surface area (Å²) in [6.45, 7) is 15.4. The number of amides is 4. The lowest BCUT2D eigenvalue weighted by molar-refractivity contribution is -0.265. The number of cyclic esters (lactones) is 1. The summed E-state index contributed by atoms with van der Waals surface area (Å²) in [5.74, 6) is -7.69. The molecule has 6 heterocycles. The number of anilines is 1. The Morgan fingerprint density at radius 2 is 1.37 bits per heavy atom. The number of carbonyl (C=O) groups is 8. The molecular weight excluding hydrogens is 1620 g/mol. The number of ketones is 3. The average Bonchev–Trinajstić information content (AvgIpc) is 1.65. The molecule has 3 aliphatic heterocycles. The first-order valence-corrected chi connectivity index (χ1v) is 44.3. The zero-order valence-electron chi connectivity index (χ0n) is 74.1. The molecule has 2 saturated carbocycles. The lowest BCUT2D eigenvalue weighted by atomic mass is 9.80. The van der Waals surface area contributed by atoms with Crippen molar-refractivity contribution in [3.05, 3.63) is 84.0 Å². The van der Waals surface area contributed by atoms with Gasteiger partial charge in [-0.15, -0.1) is 0 Å². The predicted octanol–water partition coefficient (Wildman–Crippen LogP) is 6.84. The van der Waals surface area contributed by atoms with Gasteiger partial charge in [0, 0.05) is 101 Å². The van der Waals surface area contributed by atoms with Crippen LogP contribution in [0.5, 0.6) is 5.75 Å². The number of H-pyrrole nitrogens is 1. The van der Waals surface area contributed by atoms with Crippen LogP contribution in [0.3, 0.4) is 0 Å². The zero-order valence-corrected chi connectivity index (χ0v) is 74.1. The Labute approximate surface area is 732 Å². The number of piperidine rings is 1. The number of rotatable bonds is 37. The number of alkyl carbamates (subject to hydrolysis) is 1. The Kier molecular flexibility index (Phi) is 41.3. The standard InChI is InChI=1S/C90H135N11O24/c1-56-16-11-10-12-17-57(2)73(114-8)53-66-27-21-61(6)90(112,125-66)83(107)87(109)100-33-14-13-19-69(100)88(110)123-74(54-70(102)58(3)49-60(5)81(105)82(106)80(104)59(4)48-56)67(91)50-62-22-28-71(75(51-62)115-9)124-89(111)95-32-37-119-41-43-121-45-47-122-46-44-120-42-38-116-34-29-76(103)93-30-35-117-39-40-118-36-31-94-86(108)64-25-23-63(24-26-64)85-99-78(79-84(92)96-55-97-101(79)85)68-52-65-18-15-20-72(113-7)77(65)98-68/h10-12,15-18,20,49,52,55-56,58-59,61-64,66-67,69,71,73-75,81-82,98,105-106,112H,13-14,19,21-48,50-51,53-54,91H2,1-9H3,(H,93,103)(H,94,108)(H,95,111)(H2,92,96,97)/b12-10+,16-11+,57-17+,60-49+/t56-,58-,59-,61-,62+,63?,64?,66+,67-,69+,71-,73+,74+,75-,81-,82+,90-/m1/s1. The van der Waals surface area contributed by atoms with Crippen LogP contribution < -0.4 is 32.2 Å². The number of aromatic amines is 1. The highest BCUT2D eigenvalue weighted by Gasteiger charge is 2.53. The van der Waals surface area contributed by atoms with Crippen LogP contribution in [0, 0.1) is 35.5 Å². The first kappa shape index (κ1) is 100. The molecule has 3 aromatic heterocycles. The van der Waals surface area contributed by atoms with Crippen LogP contribution in [0.25, 0.3) is 27.8 Å². The third kappa shape index (κ3) is 29.8. The number of hydrogen-bond acceptors (Lipinski definition) is 29. The second-order valence-corrected chi connectivity index (χ2v) is 33.4. The molecule has 15 atom stereocenters. The van der Waals surface area contributed by atoms with E-state index in [0.717, 1.165) is 51.5 Å². The topological polar surface area (TPSA) is 467 Å². The predicted molar refractivity (Wildman–Crippen MR) is 462 cm³/mol. The van der Waals surface area contributed by atoms with E-state index in [-0.39, 0.29) is 99.7 Å². The smallest absolute Gasteiger partial charge is 0.407 e. The number of nitrogens with two attached hydrogens (primary N) is 2. The first-order valence-electron chi connectivity index (χ1n) is 44.3. The lowest BCUT2D eigenvalue weighted by Crippen LogP contribution is -2.61. The molecule has 0 spiro atoms. The van der Waals surface area contributed by atoms with Crippen molar-refractivity contribution in [1.29, 1.82) is 0 Å². The molecule has 2 bridgehead atoms. The van der Waals surface area contributed by atoms with E-state index in [1.165, 1.54) is 26.4 Å². The van der Waals surface area contributed by atoms with Crippen molar-refractivity contribution in [1.82, 2.24) is 45.4 Å². The number of nitrogens with zero attached hydrogens (tertiary/aromatic N) is 5. The number of aliphatic hydroxyl groups excluding tert-OH is 2. The third-order valence-electron chi connectivity index (χ3n) is 24.2. The molecule has 4 fully saturated rings. The number of nitrogen functional groups attached to an aromatic ring is 1. The number of ether oxygens (including phenoxy) is 13. The van der Waals surface area contributed by atoms with Crippen LogP contribution in [0.1, 0.15) is 162 Å². The van der Waals surface area contributed by atoms with Gasteiger partial charge in [-0.3, -0.25) is 28.8 Å². The molecule has 4 amide bonds. The van der Waals surface area contributed by atoms with Crippen LogP contribution in [-0.2, 0) is 90.4 Å². The van der Waals surface area contributed by atoms with Gasteiger partial charge in [0.25, 0.3) is 11.7 Å². The normalized spacial score (nSPS) is 28.5. The van der Waals surface area contributed by atoms with Crippen LogP contribution in [-0.4, -0.2) is 293 Å². The monoisotopic (exact) mass is 1750 g/mol. The van der Waals surface area contributed by atoms with Gasteiger partial charge in [0.1, 0.15) is 65.4 Å². The van der Waals surface area contributed by atoms with Crippen LogP contribution >= 0.6 is 0 Å². The third-order valence-corrected chi connectivity index (χ3v) is 24.2. The van der Waals surface area contributed by atoms with Crippen molar-refractivity contribution in [3.63, 3.8) is 0 Å². The molecule has 125 heavy (non-hydrogen) atoms. The number of nitrogens with one attached hydrogen (secondary N) is 4. The average molecular weight is 1760 g/mol. The van der Waals surface area contributed by atoms with E-state index in [1.807, 2.05) is 68.5 Å². The first-order chi connectivity index (χ1) is 60.2. The van der Waals surface area contributed by atoms with Crippen LogP contribution in [0.4, 0.5) is 10.6 Å². The maximum absolute atomic E-state index is 14.6. The Morgan fingerprint density at radius 3 is 2.03 bits per heavy atom. The molecule has 35 nitrogen and oxygen atoms in total. The van der Waals surface area contributed by atoms with E-state index in [1.54, 1.807) is 39.5 Å². The van der Waals surface area contributed by atoms with E-state index >= 15 is 0 Å². The summed E-state index contributed by atoms with van der Waals surface area (Å²) in [6.07, 6.45) is 11.3. The SMILES string of the molecule is COc1cccc2cc(-c3nc(C4CCC(C(=O)NCCOCCOCCNC(=O)CCOCCOCCOCCOCCOCCNC(=O)O[C@@H]5CC[C@@H](C[C@@H](N)[C@@H]6CC(=O)[C@H](C)/C=C(\C)[C@@H](O)[C@@H](O)C(=O)[C@H](C)C[C@H](C)/C=C/C=C/C=C(\C)[C@@H](OC)C[C@@H]7CC[C@@H](C)[C@@](O)(O7)C(=O)C(=O)N7CCCC[C@H]7C(=O)O6)C[C@H]5OC)CC4)n4ncnc(N)c34)[nH]c12. The summed E-state index contributed by atoms with van der Waals surface area (Å²) in [7, 11) is 4.69. The molecule has 1 aromatic carbocycles. The molecule has 11 N–H and O–H groups in total. The Hall–Kier alpha value is -8.53. The summed E-state index contributed by atoms with van der Waals surface area (Å²) >= 11 is 0. The van der Waals surface area contributed by atoms with E-state index < -0.39 is 120 Å². The summed E-state index contributed by atoms with van der Waals surface area (Å²) in [4.78, 5) is 124. The van der Waals surface area contributed by atoms with Crippen molar-refractivity contribution in [2.45, 2.75) is 217 Å². The second kappa shape index (κ2) is 51.5. The number of benzene rings is 1. The summed E-state index contributed by atoms with van der Waals surface area (Å²) in [5, 5.41) is 48.6. The maximum atomic E-state index is 14.6. The van der Waals surface area contributed by atoms with Crippen molar-refractivity contribution in [2.24, 2.45) is 41.2 Å². The van der Waals surface area contributed by atoms with E-state index in [9.17, 15) is 53.7 Å². The minimum absolute atomic E-state index is 0.00438. The van der Waals surface area contributed by atoms with Gasteiger partial charge in [0.2, 0.25) is 17.6 Å². The molecular formula is C90H135N11O24. The van der Waals surface area contributed by atoms with Crippen molar-refractivity contribution < 1.29 is 115 Å². The van der Waals surface area contributed by atoms with Crippen LogP contribution in [0.2, 0.25) is 0 Å². The highest BCUT2D eigenvalue weighted by molar-refractivity contribution is 6.39. The fourth-order valence-electron chi connectivity index (χ4n) is 16.9. The quantitative estimate of drug-likeness (QED) is 0.00965.